The molecule has 1 saturated heterocycles. The fourth-order valence-corrected chi connectivity index (χ4v) is 10.2. The molecule has 5 aliphatic rings. The first-order valence-corrected chi connectivity index (χ1v) is 17.6. The highest BCUT2D eigenvalue weighted by Gasteiger charge is 2.74. The molecule has 10 rings (SSSR count). The molecular weight excluding hydrogens is 580 g/mol. The molecule has 1 N–H and O–H groups in total. The molecule has 5 heteroatoms. The van der Waals surface area contributed by atoms with Crippen molar-refractivity contribution in [3.63, 3.8) is 0 Å². The molecule has 4 aromatic carbocycles. The van der Waals surface area contributed by atoms with Crippen LogP contribution in [0.25, 0.3) is 10.9 Å². The number of aryl methyl sites for hydroxylation is 2. The van der Waals surface area contributed by atoms with Crippen LogP contribution < -0.4 is 4.74 Å². The van der Waals surface area contributed by atoms with Gasteiger partial charge in [-0.15, -0.1) is 0 Å². The van der Waals surface area contributed by atoms with Crippen molar-refractivity contribution in [2.45, 2.75) is 82.3 Å². The number of aromatic nitrogens is 1. The van der Waals surface area contributed by atoms with E-state index in [0.717, 1.165) is 44.8 Å². The Bertz CT molecular complexity index is 2080. The number of rotatable bonds is 7. The summed E-state index contributed by atoms with van der Waals surface area (Å²) in [6.07, 6.45) is 5.11. The lowest BCUT2D eigenvalue weighted by Crippen LogP contribution is -2.75. The van der Waals surface area contributed by atoms with E-state index in [4.69, 9.17) is 9.47 Å². The van der Waals surface area contributed by atoms with E-state index in [1.165, 1.54) is 68.4 Å². The van der Waals surface area contributed by atoms with Gasteiger partial charge in [-0.3, -0.25) is 4.90 Å². The average molecular weight is 623 g/mol. The normalized spacial score (nSPS) is 27.0. The molecule has 2 fully saturated rings. The van der Waals surface area contributed by atoms with Crippen molar-refractivity contribution in [1.29, 1.82) is 0 Å². The molecule has 2 aliphatic heterocycles. The lowest BCUT2D eigenvalue weighted by molar-refractivity contribution is -0.211. The maximum absolute atomic E-state index is 11.4. The summed E-state index contributed by atoms with van der Waals surface area (Å²) < 4.78 is 17.4. The Morgan fingerprint density at radius 3 is 2.51 bits per heavy atom. The average Bonchev–Trinajstić information content (AvgIpc) is 3.75. The van der Waals surface area contributed by atoms with Gasteiger partial charge in [0.15, 0.2) is 17.6 Å². The van der Waals surface area contributed by atoms with Crippen LogP contribution in [0.15, 0.2) is 84.9 Å². The van der Waals surface area contributed by atoms with Crippen LogP contribution in [-0.4, -0.2) is 39.3 Å². The third-order valence-corrected chi connectivity index (χ3v) is 12.3. The molecule has 5 nitrogen and oxygen atoms in total. The highest BCUT2D eigenvalue weighted by atomic mass is 16.5. The predicted octanol–water partition coefficient (Wildman–Crippen LogP) is 7.94. The Hall–Kier alpha value is -4.06. The second kappa shape index (κ2) is 9.98. The van der Waals surface area contributed by atoms with Crippen LogP contribution in [0.3, 0.4) is 0 Å². The van der Waals surface area contributed by atoms with Gasteiger partial charge in [-0.1, -0.05) is 83.9 Å². The Kier molecular flexibility index (Phi) is 5.94. The lowest BCUT2D eigenvalue weighted by atomic mass is 9.48. The Labute approximate surface area is 276 Å². The van der Waals surface area contributed by atoms with E-state index in [2.05, 4.69) is 102 Å². The van der Waals surface area contributed by atoms with Gasteiger partial charge < -0.3 is 19.1 Å². The van der Waals surface area contributed by atoms with Crippen molar-refractivity contribution in [3.8, 4) is 11.5 Å². The van der Waals surface area contributed by atoms with Crippen LogP contribution in [0, 0.1) is 19.8 Å². The zero-order valence-electron chi connectivity index (χ0n) is 27.3. The third-order valence-electron chi connectivity index (χ3n) is 12.3. The number of hydrogen-bond donors (Lipinski definition) is 1. The number of nitrogens with zero attached hydrogens (tertiary/aromatic N) is 2. The molecule has 0 unspecified atom stereocenters. The first-order valence-electron chi connectivity index (χ1n) is 17.6. The second-order valence-electron chi connectivity index (χ2n) is 15.1. The minimum absolute atomic E-state index is 0.225. The van der Waals surface area contributed by atoms with Crippen molar-refractivity contribution >= 4 is 10.9 Å². The summed E-state index contributed by atoms with van der Waals surface area (Å²) >= 11 is 0. The van der Waals surface area contributed by atoms with Crippen LogP contribution in [0.1, 0.15) is 70.0 Å². The van der Waals surface area contributed by atoms with E-state index < -0.39 is 11.0 Å². The highest BCUT2D eigenvalue weighted by molar-refractivity contribution is 5.87. The topological polar surface area (TPSA) is 46.9 Å². The van der Waals surface area contributed by atoms with Gasteiger partial charge in [0.2, 0.25) is 0 Å². The molecule has 2 bridgehead atoms. The first kappa shape index (κ1) is 28.0. The molecule has 1 spiro atoms. The van der Waals surface area contributed by atoms with E-state index in [1.54, 1.807) is 0 Å². The van der Waals surface area contributed by atoms with E-state index in [1.807, 2.05) is 6.07 Å². The summed E-state index contributed by atoms with van der Waals surface area (Å²) in [5.41, 5.74) is 10.5. The van der Waals surface area contributed by atoms with Crippen molar-refractivity contribution in [1.82, 2.24) is 9.47 Å². The summed E-state index contributed by atoms with van der Waals surface area (Å²) in [4.78, 5) is 2.79. The summed E-state index contributed by atoms with van der Waals surface area (Å²) in [6.45, 7) is 7.84. The van der Waals surface area contributed by atoms with Crippen molar-refractivity contribution in [3.05, 3.63) is 130 Å². The lowest BCUT2D eigenvalue weighted by Gasteiger charge is -2.64. The molecule has 5 aromatic rings. The van der Waals surface area contributed by atoms with E-state index in [9.17, 15) is 5.11 Å². The summed E-state index contributed by atoms with van der Waals surface area (Å²) in [7, 11) is 0. The van der Waals surface area contributed by atoms with Crippen molar-refractivity contribution in [2.75, 3.05) is 13.1 Å². The van der Waals surface area contributed by atoms with Crippen LogP contribution in [-0.2, 0) is 36.1 Å². The quantitative estimate of drug-likeness (QED) is 0.200. The standard InChI is InChI=1S/C42H42N2O3/c1-26-7-5-9-29(19-26)24-44-34-12-4-3-11-32(34)33-22-42(46-25-30-10-6-8-27(2)20-30)36-21-31-15-16-35(45)39-37(31)41(42,40(47-39)38(33)44)17-18-43(36)23-28-13-14-28/h3-12,15-16,19-20,28,36,40,45H,13-14,17-18,21-25H2,1-2H3/t36-,40+,41+,42-/m1/s1. The van der Waals surface area contributed by atoms with Crippen molar-refractivity contribution < 1.29 is 14.6 Å². The SMILES string of the molecule is Cc1cccc(CO[C@@]23Cc4c(n(Cc5cccc(C)c5)c5ccccc45)[C@@H]4Oc5c(O)ccc6c5[C@@]42CCN(CC2CC2)[C@@H]3C6)c1. The number of phenolic OH excluding ortho intramolecular Hbond substituents is 1. The number of piperidine rings is 1. The van der Waals surface area contributed by atoms with Crippen LogP contribution in [0.5, 0.6) is 11.5 Å². The predicted molar refractivity (Wildman–Crippen MR) is 184 cm³/mol. The molecule has 3 aliphatic carbocycles. The molecular formula is C42H42N2O3. The van der Waals surface area contributed by atoms with Crippen LogP contribution >= 0.6 is 0 Å². The number of likely N-dealkylation sites (tertiary alicyclic amines) is 1. The second-order valence-corrected chi connectivity index (χ2v) is 15.1. The maximum atomic E-state index is 11.4. The Balaban J connectivity index is 1.23. The molecule has 3 heterocycles. The van der Waals surface area contributed by atoms with E-state index >= 15 is 0 Å². The first-order chi connectivity index (χ1) is 22.9. The Morgan fingerprint density at radius 2 is 1.70 bits per heavy atom. The zero-order valence-corrected chi connectivity index (χ0v) is 27.3. The largest absolute Gasteiger partial charge is 0.504 e. The van der Waals surface area contributed by atoms with Crippen LogP contribution in [0.4, 0.5) is 0 Å². The number of ether oxygens (including phenoxy) is 2. The number of aromatic hydroxyl groups is 1. The van der Waals surface area contributed by atoms with Crippen molar-refractivity contribution in [2.24, 2.45) is 5.92 Å². The fourth-order valence-electron chi connectivity index (χ4n) is 10.2. The van der Waals surface area contributed by atoms with Gasteiger partial charge in [0, 0.05) is 42.0 Å². The summed E-state index contributed by atoms with van der Waals surface area (Å²) in [5, 5.41) is 12.7. The van der Waals surface area contributed by atoms with Gasteiger partial charge >= 0.3 is 0 Å². The van der Waals surface area contributed by atoms with Gasteiger partial charge in [-0.05, 0) is 86.4 Å². The van der Waals surface area contributed by atoms with Gasteiger partial charge in [0.1, 0.15) is 5.60 Å². The monoisotopic (exact) mass is 622 g/mol. The highest BCUT2D eigenvalue weighted by Crippen LogP contribution is 2.70. The molecule has 1 aromatic heterocycles. The maximum Gasteiger partial charge on any atom is 0.166 e. The summed E-state index contributed by atoms with van der Waals surface area (Å²) in [6, 6.07) is 30.9. The summed E-state index contributed by atoms with van der Waals surface area (Å²) in [5.74, 6) is 1.73. The fraction of sp³-hybridized carbons (Fsp3) is 0.381. The van der Waals surface area contributed by atoms with E-state index in [0.29, 0.717) is 12.4 Å². The third kappa shape index (κ3) is 3.90. The van der Waals surface area contributed by atoms with Gasteiger partial charge in [-0.25, -0.2) is 0 Å². The molecule has 0 radical (unpaired) electrons. The number of benzene rings is 4. The molecule has 4 atom stereocenters. The molecule has 238 valence electrons. The Morgan fingerprint density at radius 1 is 0.915 bits per heavy atom. The zero-order chi connectivity index (χ0) is 31.5. The molecule has 47 heavy (non-hydrogen) atoms. The number of hydrogen-bond acceptors (Lipinski definition) is 4. The van der Waals surface area contributed by atoms with Gasteiger partial charge in [0.05, 0.1) is 17.7 Å². The van der Waals surface area contributed by atoms with Gasteiger partial charge in [0.25, 0.3) is 0 Å². The van der Waals surface area contributed by atoms with E-state index in [-0.39, 0.29) is 17.9 Å². The smallest absolute Gasteiger partial charge is 0.166 e. The molecule has 0 amide bonds. The number of phenols is 1. The molecule has 1 saturated carbocycles. The minimum atomic E-state index is -0.508. The minimum Gasteiger partial charge on any atom is -0.504 e. The van der Waals surface area contributed by atoms with Crippen LogP contribution in [0.2, 0.25) is 0 Å². The number of fused-ring (bicyclic) bond motifs is 4. The number of para-hydroxylation sites is 1. The van der Waals surface area contributed by atoms with Gasteiger partial charge in [-0.2, -0.15) is 0 Å².